The van der Waals surface area contributed by atoms with Gasteiger partial charge in [0.15, 0.2) is 5.76 Å². The van der Waals surface area contributed by atoms with Crippen molar-refractivity contribution in [2.45, 2.75) is 25.3 Å². The lowest BCUT2D eigenvalue weighted by Gasteiger charge is -2.34. The summed E-state index contributed by atoms with van der Waals surface area (Å²) >= 11 is 3.51. The Morgan fingerprint density at radius 1 is 1.29 bits per heavy atom. The highest BCUT2D eigenvalue weighted by atomic mass is 79.9. The number of nitrogens with one attached hydrogen (secondary N) is 1. The fourth-order valence-electron chi connectivity index (χ4n) is 3.45. The summed E-state index contributed by atoms with van der Waals surface area (Å²) in [6, 6.07) is 3.53. The second-order valence-electron chi connectivity index (χ2n) is 6.32. The molecule has 3 rings (SSSR count). The third-order valence-corrected chi connectivity index (χ3v) is 5.36. The standard InChI is InChI=1S/C20H20BrNO6/c1-4-5-12-10-13(21)15(14(11-12)25-2)16-17(28-19(24)26-3)20(22-18(16)23)6-8-27-9-7-20/h10-11H,6-9H2,1-3H3,(H,22,23). The monoisotopic (exact) mass is 449 g/mol. The molecule has 8 heteroatoms. The van der Waals surface area contributed by atoms with Crippen molar-refractivity contribution in [3.63, 3.8) is 0 Å². The zero-order valence-electron chi connectivity index (χ0n) is 15.8. The second-order valence-corrected chi connectivity index (χ2v) is 7.17. The molecule has 0 radical (unpaired) electrons. The van der Waals surface area contributed by atoms with Crippen LogP contribution in [0.3, 0.4) is 0 Å². The van der Waals surface area contributed by atoms with Crippen LogP contribution < -0.4 is 10.1 Å². The Labute approximate surface area is 171 Å². The average Bonchev–Trinajstić information content (AvgIpc) is 2.92. The van der Waals surface area contributed by atoms with Crippen LogP contribution in [0.25, 0.3) is 5.57 Å². The summed E-state index contributed by atoms with van der Waals surface area (Å²) < 4.78 is 21.7. The predicted molar refractivity (Wildman–Crippen MR) is 105 cm³/mol. The summed E-state index contributed by atoms with van der Waals surface area (Å²) in [6.45, 7) is 2.61. The van der Waals surface area contributed by atoms with E-state index in [9.17, 15) is 9.59 Å². The van der Waals surface area contributed by atoms with Crippen LogP contribution in [0.4, 0.5) is 4.79 Å². The van der Waals surface area contributed by atoms with Crippen molar-refractivity contribution in [1.29, 1.82) is 0 Å². The number of hydrogen-bond acceptors (Lipinski definition) is 6. The maximum atomic E-state index is 13.0. The van der Waals surface area contributed by atoms with E-state index >= 15 is 0 Å². The van der Waals surface area contributed by atoms with Crippen LogP contribution in [0.2, 0.25) is 0 Å². The van der Waals surface area contributed by atoms with Crippen LogP contribution in [0, 0.1) is 11.8 Å². The Bertz CT molecular complexity index is 905. The van der Waals surface area contributed by atoms with Gasteiger partial charge in [0.25, 0.3) is 5.91 Å². The molecular weight excluding hydrogens is 430 g/mol. The molecule has 1 aromatic rings. The van der Waals surface area contributed by atoms with Gasteiger partial charge in [-0.05, 0) is 35.0 Å². The van der Waals surface area contributed by atoms with Gasteiger partial charge in [-0.1, -0.05) is 5.92 Å². The van der Waals surface area contributed by atoms with Crippen LogP contribution >= 0.6 is 15.9 Å². The number of ether oxygens (including phenoxy) is 4. The minimum Gasteiger partial charge on any atom is -0.496 e. The lowest BCUT2D eigenvalue weighted by Crippen LogP contribution is -2.49. The lowest BCUT2D eigenvalue weighted by atomic mass is 9.87. The molecule has 0 aromatic heterocycles. The molecule has 7 nitrogen and oxygen atoms in total. The first-order valence-corrected chi connectivity index (χ1v) is 9.46. The maximum Gasteiger partial charge on any atom is 0.513 e. The largest absolute Gasteiger partial charge is 0.513 e. The molecule has 1 spiro atoms. The SMILES string of the molecule is CC#Cc1cc(Br)c(C2=C(OC(=O)OC)C3(CCOCC3)NC2=O)c(OC)c1. The molecule has 1 saturated heterocycles. The maximum absolute atomic E-state index is 13.0. The summed E-state index contributed by atoms with van der Waals surface area (Å²) in [5, 5.41) is 2.99. The molecule has 2 aliphatic heterocycles. The first-order valence-electron chi connectivity index (χ1n) is 8.67. The lowest BCUT2D eigenvalue weighted by molar-refractivity contribution is -0.117. The van der Waals surface area contributed by atoms with Gasteiger partial charge in [0, 0.05) is 41.7 Å². The van der Waals surface area contributed by atoms with Crippen LogP contribution in [0.5, 0.6) is 5.75 Å². The Balaban J connectivity index is 2.24. The number of carbonyl (C=O) groups excluding carboxylic acids is 2. The topological polar surface area (TPSA) is 83.1 Å². The second kappa shape index (κ2) is 8.25. The Kier molecular flexibility index (Phi) is 5.96. The molecule has 1 fully saturated rings. The fourth-order valence-corrected chi connectivity index (χ4v) is 4.09. The molecule has 0 aliphatic carbocycles. The molecule has 0 atom stereocenters. The summed E-state index contributed by atoms with van der Waals surface area (Å²) in [5.41, 5.74) is 0.617. The molecule has 0 bridgehead atoms. The Morgan fingerprint density at radius 2 is 2.00 bits per heavy atom. The van der Waals surface area contributed by atoms with E-state index in [1.165, 1.54) is 14.2 Å². The molecule has 1 amide bonds. The van der Waals surface area contributed by atoms with Gasteiger partial charge in [0.05, 0.1) is 19.8 Å². The van der Waals surface area contributed by atoms with Crippen LogP contribution in [-0.2, 0) is 19.0 Å². The number of methoxy groups -OCH3 is 2. The van der Waals surface area contributed by atoms with Gasteiger partial charge in [-0.25, -0.2) is 4.79 Å². The molecule has 0 unspecified atom stereocenters. The van der Waals surface area contributed by atoms with E-state index in [1.54, 1.807) is 19.1 Å². The quantitative estimate of drug-likeness (QED) is 0.563. The van der Waals surface area contributed by atoms with Gasteiger partial charge in [0.1, 0.15) is 11.3 Å². The molecule has 28 heavy (non-hydrogen) atoms. The van der Waals surface area contributed by atoms with Crippen molar-refractivity contribution in [2.75, 3.05) is 27.4 Å². The zero-order chi connectivity index (χ0) is 20.3. The van der Waals surface area contributed by atoms with Crippen LogP contribution in [-0.4, -0.2) is 45.0 Å². The van der Waals surface area contributed by atoms with E-state index in [2.05, 4.69) is 37.8 Å². The van der Waals surface area contributed by atoms with Gasteiger partial charge in [-0.3, -0.25) is 4.79 Å². The van der Waals surface area contributed by atoms with E-state index in [0.29, 0.717) is 41.8 Å². The Morgan fingerprint density at radius 3 is 2.61 bits per heavy atom. The van der Waals surface area contributed by atoms with E-state index in [4.69, 9.17) is 14.2 Å². The van der Waals surface area contributed by atoms with Crippen molar-refractivity contribution in [1.82, 2.24) is 5.32 Å². The fraction of sp³-hybridized carbons (Fsp3) is 0.400. The van der Waals surface area contributed by atoms with Crippen molar-refractivity contribution in [3.8, 4) is 17.6 Å². The summed E-state index contributed by atoms with van der Waals surface area (Å²) in [7, 11) is 2.73. The first kappa shape index (κ1) is 20.2. The highest BCUT2D eigenvalue weighted by Crippen LogP contribution is 2.45. The summed E-state index contributed by atoms with van der Waals surface area (Å²) in [5.74, 6) is 6.10. The number of benzene rings is 1. The van der Waals surface area contributed by atoms with Gasteiger partial charge in [-0.2, -0.15) is 0 Å². The number of amides is 1. The van der Waals surface area contributed by atoms with Gasteiger partial charge in [-0.15, -0.1) is 5.92 Å². The van der Waals surface area contributed by atoms with Crippen LogP contribution in [0.15, 0.2) is 22.4 Å². The first-order chi connectivity index (χ1) is 13.5. The summed E-state index contributed by atoms with van der Waals surface area (Å²) in [4.78, 5) is 25.0. The van der Waals surface area contributed by atoms with E-state index in [1.807, 2.05) is 0 Å². The highest BCUT2D eigenvalue weighted by Gasteiger charge is 2.50. The minimum atomic E-state index is -0.890. The Hall–Kier alpha value is -2.50. The number of hydrogen-bond donors (Lipinski definition) is 1. The molecular formula is C20H20BrNO6. The van der Waals surface area contributed by atoms with Crippen molar-refractivity contribution < 1.29 is 28.5 Å². The van der Waals surface area contributed by atoms with Crippen molar-refractivity contribution in [3.05, 3.63) is 33.5 Å². The van der Waals surface area contributed by atoms with Crippen molar-refractivity contribution >= 4 is 33.6 Å². The smallest absolute Gasteiger partial charge is 0.496 e. The molecule has 1 aromatic carbocycles. The number of carbonyl (C=O) groups is 2. The number of halogens is 1. The highest BCUT2D eigenvalue weighted by molar-refractivity contribution is 9.10. The average molecular weight is 450 g/mol. The van der Waals surface area contributed by atoms with Gasteiger partial charge >= 0.3 is 6.16 Å². The molecule has 2 heterocycles. The van der Waals surface area contributed by atoms with E-state index in [0.717, 1.165) is 5.56 Å². The molecule has 2 aliphatic rings. The van der Waals surface area contributed by atoms with Crippen molar-refractivity contribution in [2.24, 2.45) is 0 Å². The third kappa shape index (κ3) is 3.60. The number of rotatable bonds is 3. The van der Waals surface area contributed by atoms with E-state index < -0.39 is 11.7 Å². The van der Waals surface area contributed by atoms with Crippen LogP contribution in [0.1, 0.15) is 30.9 Å². The summed E-state index contributed by atoms with van der Waals surface area (Å²) in [6.07, 6.45) is 0.0698. The molecule has 0 saturated carbocycles. The van der Waals surface area contributed by atoms with E-state index in [-0.39, 0.29) is 17.2 Å². The zero-order valence-corrected chi connectivity index (χ0v) is 17.4. The predicted octanol–water partition coefficient (Wildman–Crippen LogP) is 3.00. The van der Waals surface area contributed by atoms with Gasteiger partial charge in [0.2, 0.25) is 0 Å². The minimum absolute atomic E-state index is 0.223. The third-order valence-electron chi connectivity index (χ3n) is 4.73. The molecule has 148 valence electrons. The van der Waals surface area contributed by atoms with Gasteiger partial charge < -0.3 is 24.3 Å². The molecule has 1 N–H and O–H groups in total. The normalized spacial score (nSPS) is 17.6.